The number of nitrogens with one attached hydrogen (secondary N) is 1. The van der Waals surface area contributed by atoms with Crippen LogP contribution in [-0.2, 0) is 0 Å². The molecule has 1 aromatic rings. The Labute approximate surface area is 126 Å². The van der Waals surface area contributed by atoms with E-state index in [2.05, 4.69) is 21.2 Å². The van der Waals surface area contributed by atoms with E-state index in [0.717, 1.165) is 38.8 Å². The number of nitrogens with zero attached hydrogens (tertiary/aromatic N) is 1. The molecular weight excluding hydrogens is 324 g/mol. The van der Waals surface area contributed by atoms with Gasteiger partial charge >= 0.3 is 12.0 Å². The Morgan fingerprint density at radius 1 is 1.15 bits per heavy atom. The lowest BCUT2D eigenvalue weighted by molar-refractivity contribution is 0.0698. The molecule has 0 spiro atoms. The number of amides is 2. The maximum atomic E-state index is 12.2. The maximum absolute atomic E-state index is 12.2. The van der Waals surface area contributed by atoms with Crippen LogP contribution in [0.4, 0.5) is 10.5 Å². The number of anilines is 1. The van der Waals surface area contributed by atoms with Gasteiger partial charge < -0.3 is 15.3 Å². The molecule has 2 N–H and O–H groups in total. The quantitative estimate of drug-likeness (QED) is 0.864. The molecule has 0 aliphatic carbocycles. The molecule has 0 unspecified atom stereocenters. The predicted octanol–water partition coefficient (Wildman–Crippen LogP) is 3.56. The number of benzene rings is 1. The van der Waals surface area contributed by atoms with E-state index in [1.165, 1.54) is 6.07 Å². The topological polar surface area (TPSA) is 69.6 Å². The van der Waals surface area contributed by atoms with Crippen molar-refractivity contribution in [2.75, 3.05) is 18.4 Å². The van der Waals surface area contributed by atoms with Gasteiger partial charge in [0.25, 0.3) is 0 Å². The summed E-state index contributed by atoms with van der Waals surface area (Å²) in [6.45, 7) is 1.44. The molecular formula is C14H17BrN2O3. The first-order valence-corrected chi connectivity index (χ1v) is 7.46. The molecule has 20 heavy (non-hydrogen) atoms. The summed E-state index contributed by atoms with van der Waals surface area (Å²) in [7, 11) is 0. The lowest BCUT2D eigenvalue weighted by Crippen LogP contribution is -2.36. The molecule has 108 valence electrons. The zero-order chi connectivity index (χ0) is 14.5. The number of carboxylic acids is 1. The van der Waals surface area contributed by atoms with Crippen molar-refractivity contribution >= 4 is 33.6 Å². The molecule has 1 aromatic carbocycles. The third kappa shape index (κ3) is 3.50. The van der Waals surface area contributed by atoms with Crippen LogP contribution in [0, 0.1) is 0 Å². The second-order valence-corrected chi connectivity index (χ2v) is 5.65. The highest BCUT2D eigenvalue weighted by atomic mass is 79.9. The molecule has 0 saturated carbocycles. The van der Waals surface area contributed by atoms with Gasteiger partial charge in [-0.25, -0.2) is 9.59 Å². The molecule has 0 bridgehead atoms. The number of carboxylic acid groups (broad SMARTS) is 1. The molecule has 1 saturated heterocycles. The second kappa shape index (κ2) is 6.74. The lowest BCUT2D eigenvalue weighted by Gasteiger charge is -2.21. The highest BCUT2D eigenvalue weighted by Gasteiger charge is 2.19. The van der Waals surface area contributed by atoms with Crippen molar-refractivity contribution in [3.05, 3.63) is 28.2 Å². The maximum Gasteiger partial charge on any atom is 0.337 e. The number of hydrogen-bond donors (Lipinski definition) is 2. The van der Waals surface area contributed by atoms with Crippen molar-refractivity contribution in [3.63, 3.8) is 0 Å². The second-order valence-electron chi connectivity index (χ2n) is 4.80. The van der Waals surface area contributed by atoms with E-state index in [0.29, 0.717) is 10.2 Å². The van der Waals surface area contributed by atoms with E-state index in [9.17, 15) is 14.7 Å². The van der Waals surface area contributed by atoms with Crippen LogP contribution >= 0.6 is 15.9 Å². The van der Waals surface area contributed by atoms with Gasteiger partial charge in [0.15, 0.2) is 0 Å². The SMILES string of the molecule is O=C(O)c1cccc(Br)c1NC(=O)N1CCCCCC1. The van der Waals surface area contributed by atoms with Crippen molar-refractivity contribution in [1.82, 2.24) is 4.90 Å². The van der Waals surface area contributed by atoms with Gasteiger partial charge in [0, 0.05) is 17.6 Å². The molecule has 1 aliphatic rings. The summed E-state index contributed by atoms with van der Waals surface area (Å²) < 4.78 is 0.570. The van der Waals surface area contributed by atoms with E-state index in [4.69, 9.17) is 0 Å². The van der Waals surface area contributed by atoms with Crippen LogP contribution in [0.5, 0.6) is 0 Å². The van der Waals surface area contributed by atoms with Crippen LogP contribution in [0.15, 0.2) is 22.7 Å². The van der Waals surface area contributed by atoms with E-state index >= 15 is 0 Å². The van der Waals surface area contributed by atoms with Gasteiger partial charge in [-0.05, 0) is 40.9 Å². The molecule has 0 radical (unpaired) electrons. The minimum Gasteiger partial charge on any atom is -0.478 e. The van der Waals surface area contributed by atoms with Gasteiger partial charge in [0.05, 0.1) is 11.3 Å². The number of carbonyl (C=O) groups is 2. The smallest absolute Gasteiger partial charge is 0.337 e. The highest BCUT2D eigenvalue weighted by Crippen LogP contribution is 2.27. The Morgan fingerprint density at radius 2 is 1.80 bits per heavy atom. The standard InChI is InChI=1S/C14H17BrN2O3/c15-11-7-5-6-10(13(18)19)12(11)16-14(20)17-8-3-1-2-4-9-17/h5-7H,1-4,8-9H2,(H,16,20)(H,18,19). The van der Waals surface area contributed by atoms with Gasteiger partial charge in [-0.2, -0.15) is 0 Å². The van der Waals surface area contributed by atoms with Gasteiger partial charge in [0.2, 0.25) is 0 Å². The van der Waals surface area contributed by atoms with E-state index in [1.807, 2.05) is 0 Å². The van der Waals surface area contributed by atoms with Crippen molar-refractivity contribution in [2.45, 2.75) is 25.7 Å². The molecule has 1 heterocycles. The minimum atomic E-state index is -1.06. The molecule has 0 aromatic heterocycles. The van der Waals surface area contributed by atoms with Crippen molar-refractivity contribution in [2.24, 2.45) is 0 Å². The first-order valence-electron chi connectivity index (χ1n) is 6.67. The molecule has 1 aliphatic heterocycles. The monoisotopic (exact) mass is 340 g/mol. The Hall–Kier alpha value is -1.56. The van der Waals surface area contributed by atoms with E-state index in [-0.39, 0.29) is 11.6 Å². The number of urea groups is 1. The fraction of sp³-hybridized carbons (Fsp3) is 0.429. The van der Waals surface area contributed by atoms with Gasteiger partial charge in [0.1, 0.15) is 0 Å². The van der Waals surface area contributed by atoms with Crippen molar-refractivity contribution in [1.29, 1.82) is 0 Å². The Kier molecular flexibility index (Phi) is 5.00. The van der Waals surface area contributed by atoms with Crippen LogP contribution in [-0.4, -0.2) is 35.1 Å². The molecule has 2 amide bonds. The summed E-state index contributed by atoms with van der Waals surface area (Å²) in [5, 5.41) is 11.9. The first-order chi connectivity index (χ1) is 9.59. The summed E-state index contributed by atoms with van der Waals surface area (Å²) in [6.07, 6.45) is 4.27. The van der Waals surface area contributed by atoms with E-state index in [1.54, 1.807) is 17.0 Å². The Balaban J connectivity index is 2.16. The molecule has 0 atom stereocenters. The van der Waals surface area contributed by atoms with Crippen LogP contribution in [0.1, 0.15) is 36.0 Å². The Bertz CT molecular complexity index is 511. The average molecular weight is 341 g/mol. The van der Waals surface area contributed by atoms with Crippen LogP contribution in [0.2, 0.25) is 0 Å². The summed E-state index contributed by atoms with van der Waals surface area (Å²) in [4.78, 5) is 25.2. The highest BCUT2D eigenvalue weighted by molar-refractivity contribution is 9.10. The normalized spacial score (nSPS) is 15.6. The van der Waals surface area contributed by atoms with Gasteiger partial charge in [-0.15, -0.1) is 0 Å². The number of halogens is 1. The third-order valence-electron chi connectivity index (χ3n) is 3.37. The third-order valence-corrected chi connectivity index (χ3v) is 4.03. The van der Waals surface area contributed by atoms with E-state index < -0.39 is 5.97 Å². The predicted molar refractivity (Wildman–Crippen MR) is 80.2 cm³/mol. The zero-order valence-electron chi connectivity index (χ0n) is 11.1. The van der Waals surface area contributed by atoms with Crippen molar-refractivity contribution < 1.29 is 14.7 Å². The van der Waals surface area contributed by atoms with Crippen LogP contribution in [0.3, 0.4) is 0 Å². The fourth-order valence-corrected chi connectivity index (χ4v) is 2.75. The Morgan fingerprint density at radius 3 is 2.40 bits per heavy atom. The number of hydrogen-bond acceptors (Lipinski definition) is 2. The number of carbonyl (C=O) groups excluding carboxylic acids is 1. The number of likely N-dealkylation sites (tertiary alicyclic amines) is 1. The van der Waals surface area contributed by atoms with Crippen LogP contribution in [0.25, 0.3) is 0 Å². The minimum absolute atomic E-state index is 0.0857. The number of para-hydroxylation sites is 1. The zero-order valence-corrected chi connectivity index (χ0v) is 12.6. The molecule has 5 nitrogen and oxygen atoms in total. The summed E-state index contributed by atoms with van der Waals surface area (Å²) in [5.74, 6) is -1.06. The summed E-state index contributed by atoms with van der Waals surface area (Å²) in [5.41, 5.74) is 0.400. The average Bonchev–Trinajstić information content (AvgIpc) is 2.69. The number of rotatable bonds is 2. The number of aromatic carboxylic acids is 1. The molecule has 2 rings (SSSR count). The van der Waals surface area contributed by atoms with Crippen molar-refractivity contribution in [3.8, 4) is 0 Å². The first kappa shape index (κ1) is 14.8. The van der Waals surface area contributed by atoms with Gasteiger partial charge in [-0.1, -0.05) is 18.9 Å². The molecule has 1 fully saturated rings. The van der Waals surface area contributed by atoms with Gasteiger partial charge in [-0.3, -0.25) is 0 Å². The van der Waals surface area contributed by atoms with Crippen LogP contribution < -0.4 is 5.32 Å². The largest absolute Gasteiger partial charge is 0.478 e. The lowest BCUT2D eigenvalue weighted by atomic mass is 10.2. The fourth-order valence-electron chi connectivity index (χ4n) is 2.29. The molecule has 6 heteroatoms. The summed E-state index contributed by atoms with van der Waals surface area (Å²) in [6, 6.07) is 4.59. The summed E-state index contributed by atoms with van der Waals surface area (Å²) >= 11 is 3.29.